The van der Waals surface area contributed by atoms with Crippen LogP contribution in [0.25, 0.3) is 0 Å². The fourth-order valence-corrected chi connectivity index (χ4v) is 4.12. The van der Waals surface area contributed by atoms with Gasteiger partial charge < -0.3 is 15.1 Å². The van der Waals surface area contributed by atoms with Gasteiger partial charge in [-0.25, -0.2) is 0 Å². The molecular weight excluding hydrogens is 386 g/mol. The lowest BCUT2D eigenvalue weighted by Crippen LogP contribution is -2.29. The first-order valence-corrected chi connectivity index (χ1v) is 10.6. The average molecular weight is 412 g/mol. The third-order valence-corrected chi connectivity index (χ3v) is 5.77. The highest BCUT2D eigenvalue weighted by atomic mass is 32.2. The van der Waals surface area contributed by atoms with Crippen molar-refractivity contribution in [1.29, 1.82) is 0 Å². The SMILES string of the molecule is CN(C)C(=O)c1cccc(NC(=O)c2ccccc2SCC(=O)N2CCCC2)c1. The van der Waals surface area contributed by atoms with E-state index in [1.165, 1.54) is 16.7 Å². The van der Waals surface area contributed by atoms with Crippen LogP contribution in [0.15, 0.2) is 53.4 Å². The molecule has 0 spiro atoms. The lowest BCUT2D eigenvalue weighted by molar-refractivity contribution is -0.127. The number of carbonyl (C=O) groups is 3. The number of rotatable bonds is 6. The van der Waals surface area contributed by atoms with Gasteiger partial charge in [0, 0.05) is 43.3 Å². The summed E-state index contributed by atoms with van der Waals surface area (Å²) in [5, 5.41) is 2.86. The zero-order chi connectivity index (χ0) is 20.8. The van der Waals surface area contributed by atoms with Crippen LogP contribution < -0.4 is 5.32 Å². The molecule has 29 heavy (non-hydrogen) atoms. The molecule has 152 valence electrons. The van der Waals surface area contributed by atoms with Gasteiger partial charge in [0.25, 0.3) is 11.8 Å². The summed E-state index contributed by atoms with van der Waals surface area (Å²) in [7, 11) is 3.37. The van der Waals surface area contributed by atoms with Gasteiger partial charge in [-0.3, -0.25) is 14.4 Å². The van der Waals surface area contributed by atoms with Gasteiger partial charge in [-0.2, -0.15) is 0 Å². The third-order valence-electron chi connectivity index (χ3n) is 4.72. The Hall–Kier alpha value is -2.80. The number of thioether (sulfide) groups is 1. The second-order valence-electron chi connectivity index (χ2n) is 7.11. The predicted molar refractivity (Wildman–Crippen MR) is 115 cm³/mol. The van der Waals surface area contributed by atoms with E-state index in [-0.39, 0.29) is 17.7 Å². The molecule has 7 heteroatoms. The molecule has 1 saturated heterocycles. The summed E-state index contributed by atoms with van der Waals surface area (Å²) in [5.41, 5.74) is 1.57. The van der Waals surface area contributed by atoms with E-state index in [4.69, 9.17) is 0 Å². The molecule has 0 aromatic heterocycles. The van der Waals surface area contributed by atoms with Crippen molar-refractivity contribution >= 4 is 35.2 Å². The molecular formula is C22H25N3O3S. The molecule has 3 rings (SSSR count). The van der Waals surface area contributed by atoms with Gasteiger partial charge in [0.15, 0.2) is 0 Å². The number of amides is 3. The number of nitrogens with one attached hydrogen (secondary N) is 1. The minimum absolute atomic E-state index is 0.109. The highest BCUT2D eigenvalue weighted by Gasteiger charge is 2.19. The molecule has 2 aromatic rings. The lowest BCUT2D eigenvalue weighted by atomic mass is 10.1. The molecule has 0 aliphatic carbocycles. The first-order valence-electron chi connectivity index (χ1n) is 9.58. The summed E-state index contributed by atoms with van der Waals surface area (Å²) in [5.74, 6) is 0.0307. The molecule has 0 saturated carbocycles. The van der Waals surface area contributed by atoms with Crippen molar-refractivity contribution in [3.8, 4) is 0 Å². The van der Waals surface area contributed by atoms with Crippen LogP contribution in [-0.2, 0) is 4.79 Å². The molecule has 0 bridgehead atoms. The van der Waals surface area contributed by atoms with E-state index in [0.717, 1.165) is 30.8 Å². The average Bonchev–Trinajstić information content (AvgIpc) is 3.26. The van der Waals surface area contributed by atoms with Gasteiger partial charge in [-0.05, 0) is 43.2 Å². The Morgan fingerprint density at radius 3 is 2.48 bits per heavy atom. The van der Waals surface area contributed by atoms with Crippen molar-refractivity contribution in [1.82, 2.24) is 9.80 Å². The van der Waals surface area contributed by atoms with E-state index in [0.29, 0.717) is 22.6 Å². The number of benzene rings is 2. The van der Waals surface area contributed by atoms with Crippen molar-refractivity contribution < 1.29 is 14.4 Å². The molecule has 0 radical (unpaired) electrons. The molecule has 1 N–H and O–H groups in total. The molecule has 6 nitrogen and oxygen atoms in total. The maximum Gasteiger partial charge on any atom is 0.256 e. The zero-order valence-corrected chi connectivity index (χ0v) is 17.5. The maximum atomic E-state index is 12.8. The second-order valence-corrected chi connectivity index (χ2v) is 8.12. The van der Waals surface area contributed by atoms with E-state index in [2.05, 4.69) is 5.32 Å². The lowest BCUT2D eigenvalue weighted by Gasteiger charge is -2.15. The molecule has 1 fully saturated rings. The Bertz CT molecular complexity index is 908. The predicted octanol–water partition coefficient (Wildman–Crippen LogP) is 3.36. The van der Waals surface area contributed by atoms with Gasteiger partial charge >= 0.3 is 0 Å². The van der Waals surface area contributed by atoms with Gasteiger partial charge in [-0.15, -0.1) is 11.8 Å². The Morgan fingerprint density at radius 2 is 1.76 bits per heavy atom. The Kier molecular flexibility index (Phi) is 6.93. The van der Waals surface area contributed by atoms with Gasteiger partial charge in [0.2, 0.25) is 5.91 Å². The molecule has 0 unspecified atom stereocenters. The summed E-state index contributed by atoms with van der Waals surface area (Å²) >= 11 is 1.38. The molecule has 1 heterocycles. The Balaban J connectivity index is 1.69. The Morgan fingerprint density at radius 1 is 1.03 bits per heavy atom. The van der Waals surface area contributed by atoms with E-state index in [1.54, 1.807) is 50.5 Å². The Labute approximate surface area is 175 Å². The number of anilines is 1. The minimum atomic E-state index is -0.267. The third kappa shape index (κ3) is 5.38. The van der Waals surface area contributed by atoms with E-state index in [9.17, 15) is 14.4 Å². The van der Waals surface area contributed by atoms with Gasteiger partial charge in [0.05, 0.1) is 11.3 Å². The number of likely N-dealkylation sites (tertiary alicyclic amines) is 1. The van der Waals surface area contributed by atoms with Gasteiger partial charge in [-0.1, -0.05) is 18.2 Å². The van der Waals surface area contributed by atoms with Crippen LogP contribution in [0.4, 0.5) is 5.69 Å². The van der Waals surface area contributed by atoms with Crippen molar-refractivity contribution in [2.24, 2.45) is 0 Å². The number of carbonyl (C=O) groups excluding carboxylic acids is 3. The zero-order valence-electron chi connectivity index (χ0n) is 16.7. The van der Waals surface area contributed by atoms with E-state index >= 15 is 0 Å². The maximum absolute atomic E-state index is 12.8. The number of hydrogen-bond acceptors (Lipinski definition) is 4. The fraction of sp³-hybridized carbons (Fsp3) is 0.318. The van der Waals surface area contributed by atoms with Crippen molar-refractivity contribution in [3.05, 3.63) is 59.7 Å². The van der Waals surface area contributed by atoms with Crippen LogP contribution in [0.3, 0.4) is 0 Å². The standard InChI is InChI=1S/C22H25N3O3S/c1-24(2)22(28)16-8-7-9-17(14-16)23-21(27)18-10-3-4-11-19(18)29-15-20(26)25-12-5-6-13-25/h3-4,7-11,14H,5-6,12-13,15H2,1-2H3,(H,23,27). The first-order chi connectivity index (χ1) is 14.0. The van der Waals surface area contributed by atoms with Crippen molar-refractivity contribution in [2.45, 2.75) is 17.7 Å². The number of nitrogens with zero attached hydrogens (tertiary/aromatic N) is 2. The molecule has 1 aliphatic heterocycles. The second kappa shape index (κ2) is 9.60. The van der Waals surface area contributed by atoms with Crippen LogP contribution in [0.2, 0.25) is 0 Å². The van der Waals surface area contributed by atoms with Crippen LogP contribution in [0, 0.1) is 0 Å². The molecule has 3 amide bonds. The normalized spacial score (nSPS) is 13.2. The quantitative estimate of drug-likeness (QED) is 0.740. The van der Waals surface area contributed by atoms with Crippen LogP contribution in [-0.4, -0.2) is 60.5 Å². The van der Waals surface area contributed by atoms with Crippen LogP contribution in [0.1, 0.15) is 33.6 Å². The minimum Gasteiger partial charge on any atom is -0.345 e. The van der Waals surface area contributed by atoms with Crippen molar-refractivity contribution in [2.75, 3.05) is 38.3 Å². The number of hydrogen-bond donors (Lipinski definition) is 1. The summed E-state index contributed by atoms with van der Waals surface area (Å²) in [6.45, 7) is 1.65. The fourth-order valence-electron chi connectivity index (χ4n) is 3.16. The van der Waals surface area contributed by atoms with Crippen LogP contribution in [0.5, 0.6) is 0 Å². The van der Waals surface area contributed by atoms with Gasteiger partial charge in [0.1, 0.15) is 0 Å². The highest BCUT2D eigenvalue weighted by molar-refractivity contribution is 8.00. The highest BCUT2D eigenvalue weighted by Crippen LogP contribution is 2.25. The molecule has 2 aromatic carbocycles. The van der Waals surface area contributed by atoms with E-state index in [1.807, 2.05) is 17.0 Å². The first kappa shape index (κ1) is 20.9. The smallest absolute Gasteiger partial charge is 0.256 e. The monoisotopic (exact) mass is 411 g/mol. The van der Waals surface area contributed by atoms with Crippen LogP contribution >= 0.6 is 11.8 Å². The van der Waals surface area contributed by atoms with Crippen molar-refractivity contribution in [3.63, 3.8) is 0 Å². The largest absolute Gasteiger partial charge is 0.345 e. The topological polar surface area (TPSA) is 69.7 Å². The summed E-state index contributed by atoms with van der Waals surface area (Å²) in [6, 6.07) is 14.1. The summed E-state index contributed by atoms with van der Waals surface area (Å²) in [4.78, 5) is 41.4. The molecule has 1 aliphatic rings. The van der Waals surface area contributed by atoms with E-state index < -0.39 is 0 Å². The molecule has 0 atom stereocenters. The summed E-state index contributed by atoms with van der Waals surface area (Å²) < 4.78 is 0. The summed E-state index contributed by atoms with van der Waals surface area (Å²) in [6.07, 6.45) is 2.12.